The third kappa shape index (κ3) is 5.71. The molecule has 0 aliphatic carbocycles. The minimum absolute atomic E-state index is 0.220. The van der Waals surface area contributed by atoms with Gasteiger partial charge in [-0.25, -0.2) is 9.18 Å². The van der Waals surface area contributed by atoms with Crippen molar-refractivity contribution >= 4 is 57.6 Å². The summed E-state index contributed by atoms with van der Waals surface area (Å²) in [7, 11) is 0. The summed E-state index contributed by atoms with van der Waals surface area (Å²) in [5, 5.41) is 9.66. The lowest BCUT2D eigenvalue weighted by Gasteiger charge is -2.11. The van der Waals surface area contributed by atoms with Crippen LogP contribution in [0.15, 0.2) is 90.0 Å². The molecule has 0 heterocycles. The third-order valence-electron chi connectivity index (χ3n) is 4.68. The second-order valence-corrected chi connectivity index (χ2v) is 7.77. The second-order valence-electron chi connectivity index (χ2n) is 6.93. The first-order valence-electron chi connectivity index (χ1n) is 9.85. The zero-order valence-corrected chi connectivity index (χ0v) is 18.7. The number of carbonyl (C=O) groups is 1. The Morgan fingerprint density at radius 3 is 2.45 bits per heavy atom. The average molecular weight is 478 g/mol. The van der Waals surface area contributed by atoms with Crippen LogP contribution < -0.4 is 15.5 Å². The molecular weight excluding hydrogens is 461 g/mol. The van der Waals surface area contributed by atoms with Gasteiger partial charge in [0.15, 0.2) is 5.11 Å². The number of hydrogen-bond donors (Lipinski definition) is 2. The van der Waals surface area contributed by atoms with Crippen LogP contribution in [-0.2, 0) is 0 Å². The molecule has 0 saturated heterocycles. The molecule has 33 heavy (non-hydrogen) atoms. The number of nitrogens with zero attached hydrogens (tertiary/aromatic N) is 1. The van der Waals surface area contributed by atoms with Gasteiger partial charge in [-0.15, -0.1) is 0 Å². The molecule has 0 amide bonds. The van der Waals surface area contributed by atoms with Crippen molar-refractivity contribution in [3.63, 3.8) is 0 Å². The maximum atomic E-state index is 13.1. The molecule has 0 aromatic heterocycles. The van der Waals surface area contributed by atoms with E-state index in [0.29, 0.717) is 27.6 Å². The average Bonchev–Trinajstić information content (AvgIpc) is 2.82. The molecule has 0 saturated carbocycles. The lowest BCUT2D eigenvalue weighted by atomic mass is 10.0. The molecule has 4 aromatic rings. The van der Waals surface area contributed by atoms with Crippen LogP contribution >= 0.6 is 23.8 Å². The Morgan fingerprint density at radius 1 is 0.970 bits per heavy atom. The van der Waals surface area contributed by atoms with Crippen LogP contribution in [-0.4, -0.2) is 17.3 Å². The van der Waals surface area contributed by atoms with E-state index in [1.165, 1.54) is 18.3 Å². The normalized spacial score (nSPS) is 10.8. The van der Waals surface area contributed by atoms with Gasteiger partial charge in [0.2, 0.25) is 0 Å². The molecule has 4 aromatic carbocycles. The summed E-state index contributed by atoms with van der Waals surface area (Å²) >= 11 is 11.1. The summed E-state index contributed by atoms with van der Waals surface area (Å²) in [4.78, 5) is 12.6. The highest BCUT2D eigenvalue weighted by Crippen LogP contribution is 2.27. The van der Waals surface area contributed by atoms with Gasteiger partial charge in [0.25, 0.3) is 0 Å². The fourth-order valence-electron chi connectivity index (χ4n) is 3.09. The van der Waals surface area contributed by atoms with Gasteiger partial charge in [0.1, 0.15) is 11.6 Å². The van der Waals surface area contributed by atoms with Gasteiger partial charge < -0.3 is 10.1 Å². The van der Waals surface area contributed by atoms with Crippen LogP contribution in [0.3, 0.4) is 0 Å². The van der Waals surface area contributed by atoms with Gasteiger partial charge in [-0.1, -0.05) is 41.9 Å². The van der Waals surface area contributed by atoms with Crippen molar-refractivity contribution < 1.29 is 13.9 Å². The molecule has 0 bridgehead atoms. The molecule has 0 unspecified atom stereocenters. The predicted octanol–water partition coefficient (Wildman–Crippen LogP) is 6.17. The maximum absolute atomic E-state index is 13.1. The Balaban J connectivity index is 1.55. The van der Waals surface area contributed by atoms with E-state index in [-0.39, 0.29) is 10.9 Å². The number of anilines is 1. The van der Waals surface area contributed by atoms with E-state index >= 15 is 0 Å². The van der Waals surface area contributed by atoms with E-state index in [1.807, 2.05) is 30.3 Å². The number of rotatable bonds is 5. The van der Waals surface area contributed by atoms with Crippen molar-refractivity contribution in [3.8, 4) is 5.75 Å². The summed E-state index contributed by atoms with van der Waals surface area (Å²) in [6, 6.07) is 23.5. The SMILES string of the molecule is O=C(Oc1ccc2ccccc2c1/C=N\NC(=S)Nc1ccc(F)cc1)c1ccc(Cl)cc1. The van der Waals surface area contributed by atoms with Crippen LogP contribution in [0.1, 0.15) is 15.9 Å². The van der Waals surface area contributed by atoms with Gasteiger partial charge in [-0.3, -0.25) is 5.43 Å². The first-order chi connectivity index (χ1) is 16.0. The number of hydrogen-bond acceptors (Lipinski definition) is 4. The summed E-state index contributed by atoms with van der Waals surface area (Å²) in [6.07, 6.45) is 1.53. The van der Waals surface area contributed by atoms with Gasteiger partial charge in [0.05, 0.1) is 11.8 Å². The molecule has 4 rings (SSSR count). The zero-order valence-electron chi connectivity index (χ0n) is 17.1. The van der Waals surface area contributed by atoms with E-state index < -0.39 is 5.97 Å². The molecule has 0 aliphatic rings. The molecule has 8 heteroatoms. The fourth-order valence-corrected chi connectivity index (χ4v) is 3.39. The van der Waals surface area contributed by atoms with Crippen molar-refractivity contribution in [1.82, 2.24) is 5.43 Å². The Morgan fingerprint density at radius 2 is 1.70 bits per heavy atom. The Bertz CT molecular complexity index is 1340. The number of halogens is 2. The number of carbonyl (C=O) groups excluding carboxylic acids is 1. The highest BCUT2D eigenvalue weighted by molar-refractivity contribution is 7.80. The number of fused-ring (bicyclic) bond motifs is 1. The predicted molar refractivity (Wildman–Crippen MR) is 134 cm³/mol. The lowest BCUT2D eigenvalue weighted by Crippen LogP contribution is -2.23. The van der Waals surface area contributed by atoms with Crippen molar-refractivity contribution in [1.29, 1.82) is 0 Å². The summed E-state index contributed by atoms with van der Waals surface area (Å²) in [5.41, 5.74) is 4.31. The fraction of sp³-hybridized carbons (Fsp3) is 0. The smallest absolute Gasteiger partial charge is 0.343 e. The first kappa shape index (κ1) is 22.4. The molecule has 0 fully saturated rings. The van der Waals surface area contributed by atoms with E-state index in [4.69, 9.17) is 28.6 Å². The van der Waals surface area contributed by atoms with Crippen molar-refractivity contribution in [2.45, 2.75) is 0 Å². The van der Waals surface area contributed by atoms with Crippen LogP contribution in [0, 0.1) is 5.82 Å². The monoisotopic (exact) mass is 477 g/mol. The van der Waals surface area contributed by atoms with Crippen LogP contribution in [0.5, 0.6) is 5.75 Å². The topological polar surface area (TPSA) is 62.7 Å². The number of hydrazone groups is 1. The number of esters is 1. The van der Waals surface area contributed by atoms with Gasteiger partial charge >= 0.3 is 5.97 Å². The quantitative estimate of drug-likeness (QED) is 0.118. The van der Waals surface area contributed by atoms with E-state index in [9.17, 15) is 9.18 Å². The van der Waals surface area contributed by atoms with Crippen molar-refractivity contribution in [2.75, 3.05) is 5.32 Å². The highest BCUT2D eigenvalue weighted by Gasteiger charge is 2.13. The summed E-state index contributed by atoms with van der Waals surface area (Å²) in [5.74, 6) is -0.510. The standard InChI is InChI=1S/C25H17ClFN3O2S/c26-18-8-5-17(6-9-18)24(31)32-23-14-7-16-3-1-2-4-21(16)22(23)15-28-30-25(33)29-20-12-10-19(27)11-13-20/h1-15H,(H2,29,30,33)/b28-15-. The Kier molecular flexibility index (Phi) is 6.92. The number of benzene rings is 4. The highest BCUT2D eigenvalue weighted by atomic mass is 35.5. The number of nitrogens with one attached hydrogen (secondary N) is 2. The summed E-state index contributed by atoms with van der Waals surface area (Å²) < 4.78 is 18.7. The van der Waals surface area contributed by atoms with Gasteiger partial charge in [-0.05, 0) is 77.6 Å². The molecule has 0 radical (unpaired) electrons. The maximum Gasteiger partial charge on any atom is 0.343 e. The lowest BCUT2D eigenvalue weighted by molar-refractivity contribution is 0.0734. The third-order valence-corrected chi connectivity index (χ3v) is 5.12. The van der Waals surface area contributed by atoms with E-state index in [0.717, 1.165) is 10.8 Å². The molecule has 0 atom stereocenters. The Hall–Kier alpha value is -3.81. The van der Waals surface area contributed by atoms with Gasteiger partial charge in [-0.2, -0.15) is 5.10 Å². The molecular formula is C25H17ClFN3O2S. The van der Waals surface area contributed by atoms with E-state index in [2.05, 4.69) is 15.8 Å². The number of ether oxygens (including phenoxy) is 1. The second kappa shape index (κ2) is 10.2. The first-order valence-corrected chi connectivity index (χ1v) is 10.6. The van der Waals surface area contributed by atoms with Crippen LogP contribution in [0.25, 0.3) is 10.8 Å². The molecule has 5 nitrogen and oxygen atoms in total. The largest absolute Gasteiger partial charge is 0.422 e. The van der Waals surface area contributed by atoms with Crippen LogP contribution in [0.4, 0.5) is 10.1 Å². The van der Waals surface area contributed by atoms with Crippen molar-refractivity contribution in [2.24, 2.45) is 5.10 Å². The van der Waals surface area contributed by atoms with Gasteiger partial charge in [0, 0.05) is 16.3 Å². The molecule has 0 spiro atoms. The minimum atomic E-state index is -0.516. The van der Waals surface area contributed by atoms with Crippen LogP contribution in [0.2, 0.25) is 5.02 Å². The van der Waals surface area contributed by atoms with E-state index in [1.54, 1.807) is 42.5 Å². The number of thiocarbonyl (C=S) groups is 1. The minimum Gasteiger partial charge on any atom is -0.422 e. The Labute approximate surface area is 199 Å². The van der Waals surface area contributed by atoms with Crippen molar-refractivity contribution in [3.05, 3.63) is 107 Å². The molecule has 164 valence electrons. The zero-order chi connectivity index (χ0) is 23.2. The summed E-state index contributed by atoms with van der Waals surface area (Å²) in [6.45, 7) is 0. The molecule has 2 N–H and O–H groups in total. The molecule has 0 aliphatic heterocycles.